The van der Waals surface area contributed by atoms with Gasteiger partial charge in [-0.3, -0.25) is 9.59 Å². The topological polar surface area (TPSA) is 95.9 Å². The van der Waals surface area contributed by atoms with Gasteiger partial charge in [0, 0.05) is 12.8 Å². The second kappa shape index (κ2) is 45.8. The van der Waals surface area contributed by atoms with Crippen LogP contribution in [0.2, 0.25) is 0 Å². The predicted octanol–water partition coefficient (Wildman–Crippen LogP) is 14.1. The Bertz CT molecular complexity index is 915. The number of esters is 1. The molecule has 6 nitrogen and oxygen atoms in total. The largest absolute Gasteiger partial charge is 0.466 e. The third-order valence-corrected chi connectivity index (χ3v) is 10.9. The van der Waals surface area contributed by atoms with Crippen molar-refractivity contribution in [3.8, 4) is 0 Å². The molecule has 0 aromatic rings. The van der Waals surface area contributed by atoms with Crippen LogP contribution in [0.3, 0.4) is 0 Å². The summed E-state index contributed by atoms with van der Waals surface area (Å²) in [6, 6.07) is -0.642. The summed E-state index contributed by atoms with van der Waals surface area (Å²) in [6.07, 6.45) is 54.1. The second-order valence-corrected chi connectivity index (χ2v) is 16.4. The van der Waals surface area contributed by atoms with E-state index in [0.717, 1.165) is 70.6 Å². The number of allylic oxidation sites excluding steroid dienone is 5. The quantitative estimate of drug-likeness (QED) is 0.0325. The molecular weight excluding hydrogens is 695 g/mol. The Kier molecular flexibility index (Phi) is 44.2. The highest BCUT2D eigenvalue weighted by Crippen LogP contribution is 2.15. The Labute approximate surface area is 347 Å². The van der Waals surface area contributed by atoms with Gasteiger partial charge in [0.05, 0.1) is 25.4 Å². The maximum atomic E-state index is 12.4. The molecule has 0 aliphatic carbocycles. The van der Waals surface area contributed by atoms with Gasteiger partial charge in [0.1, 0.15) is 0 Å². The molecule has 56 heavy (non-hydrogen) atoms. The molecule has 2 atom stereocenters. The van der Waals surface area contributed by atoms with Crippen molar-refractivity contribution in [3.63, 3.8) is 0 Å². The van der Waals surface area contributed by atoms with Gasteiger partial charge in [-0.2, -0.15) is 0 Å². The van der Waals surface area contributed by atoms with Gasteiger partial charge in [0.25, 0.3) is 0 Å². The summed E-state index contributed by atoms with van der Waals surface area (Å²) in [6.45, 7) is 4.81. The Balaban J connectivity index is 3.52. The third kappa shape index (κ3) is 41.7. The molecular formula is C50H93NO5. The van der Waals surface area contributed by atoms with Crippen molar-refractivity contribution in [1.82, 2.24) is 5.32 Å². The molecule has 6 heteroatoms. The van der Waals surface area contributed by atoms with Gasteiger partial charge in [0.15, 0.2) is 0 Å². The highest BCUT2D eigenvalue weighted by atomic mass is 16.5. The molecule has 0 saturated heterocycles. The fourth-order valence-electron chi connectivity index (χ4n) is 7.13. The normalized spacial score (nSPS) is 13.0. The van der Waals surface area contributed by atoms with Crippen LogP contribution in [0.4, 0.5) is 0 Å². The zero-order valence-corrected chi connectivity index (χ0v) is 37.1. The van der Waals surface area contributed by atoms with Crippen LogP contribution < -0.4 is 5.32 Å². The molecule has 0 heterocycles. The summed E-state index contributed by atoms with van der Waals surface area (Å²) in [5, 5.41) is 23.0. The van der Waals surface area contributed by atoms with Crippen LogP contribution in [-0.4, -0.2) is 47.4 Å². The number of nitrogens with one attached hydrogen (secondary N) is 1. The minimum Gasteiger partial charge on any atom is -0.466 e. The Hall–Kier alpha value is -1.92. The van der Waals surface area contributed by atoms with E-state index < -0.39 is 12.1 Å². The lowest BCUT2D eigenvalue weighted by Gasteiger charge is -2.20. The molecule has 328 valence electrons. The first kappa shape index (κ1) is 54.1. The van der Waals surface area contributed by atoms with Crippen LogP contribution in [0, 0.1) is 0 Å². The van der Waals surface area contributed by atoms with E-state index in [1.165, 1.54) is 148 Å². The number of carbonyl (C=O) groups is 2. The predicted molar refractivity (Wildman–Crippen MR) is 241 cm³/mol. The monoisotopic (exact) mass is 788 g/mol. The molecule has 0 aromatic carbocycles. The summed E-state index contributed by atoms with van der Waals surface area (Å²) in [4.78, 5) is 24.4. The number of rotatable bonds is 44. The second-order valence-electron chi connectivity index (χ2n) is 16.4. The van der Waals surface area contributed by atoms with E-state index in [0.29, 0.717) is 19.4 Å². The first-order chi connectivity index (χ1) is 27.5. The van der Waals surface area contributed by atoms with Gasteiger partial charge in [-0.15, -0.1) is 0 Å². The smallest absolute Gasteiger partial charge is 0.305 e. The van der Waals surface area contributed by atoms with E-state index in [2.05, 4.69) is 43.5 Å². The molecule has 0 rings (SSSR count). The number of unbranched alkanes of at least 4 members (excludes halogenated alkanes) is 29. The Morgan fingerprint density at radius 1 is 0.500 bits per heavy atom. The molecule has 0 aliphatic heterocycles. The molecule has 0 bridgehead atoms. The Morgan fingerprint density at radius 3 is 1.39 bits per heavy atom. The molecule has 0 fully saturated rings. The van der Waals surface area contributed by atoms with E-state index in [4.69, 9.17) is 4.74 Å². The molecule has 0 spiro atoms. The lowest BCUT2D eigenvalue weighted by molar-refractivity contribution is -0.143. The van der Waals surface area contributed by atoms with E-state index in [-0.39, 0.29) is 18.5 Å². The average molecular weight is 788 g/mol. The van der Waals surface area contributed by atoms with Crippen molar-refractivity contribution in [2.45, 2.75) is 257 Å². The Morgan fingerprint density at radius 2 is 0.893 bits per heavy atom. The summed E-state index contributed by atoms with van der Waals surface area (Å²) in [7, 11) is 0. The molecule has 0 aromatic heterocycles. The summed E-state index contributed by atoms with van der Waals surface area (Å²) >= 11 is 0. The van der Waals surface area contributed by atoms with Crippen LogP contribution in [0.25, 0.3) is 0 Å². The van der Waals surface area contributed by atoms with Crippen LogP contribution in [0.15, 0.2) is 36.5 Å². The third-order valence-electron chi connectivity index (χ3n) is 10.9. The van der Waals surface area contributed by atoms with E-state index in [1.54, 1.807) is 6.08 Å². The minimum absolute atomic E-state index is 0.0303. The first-order valence-corrected chi connectivity index (χ1v) is 24.3. The fourth-order valence-corrected chi connectivity index (χ4v) is 7.13. The number of aliphatic hydroxyl groups is 2. The van der Waals surface area contributed by atoms with Crippen molar-refractivity contribution < 1.29 is 24.5 Å². The molecule has 1 amide bonds. The van der Waals surface area contributed by atoms with Crippen LogP contribution in [0.5, 0.6) is 0 Å². The number of amides is 1. The minimum atomic E-state index is -0.856. The first-order valence-electron chi connectivity index (χ1n) is 24.3. The highest BCUT2D eigenvalue weighted by molar-refractivity contribution is 5.76. The van der Waals surface area contributed by atoms with Crippen molar-refractivity contribution >= 4 is 11.9 Å². The van der Waals surface area contributed by atoms with Gasteiger partial charge in [-0.25, -0.2) is 0 Å². The summed E-state index contributed by atoms with van der Waals surface area (Å²) in [5.74, 6) is -0.120. The zero-order valence-electron chi connectivity index (χ0n) is 37.1. The molecule has 0 radical (unpaired) electrons. The molecule has 3 N–H and O–H groups in total. The maximum absolute atomic E-state index is 12.4. The standard InChI is InChI=1S/C50H93NO5/c1-3-5-7-9-11-13-15-17-18-20-24-28-32-36-40-44-50(55)56-45-41-37-33-29-25-21-23-27-31-35-39-43-49(54)51-47(46-52)48(53)42-38-34-30-26-22-19-16-14-12-10-8-6-4-2/h11,13,17-18,38,42,47-48,52-53H,3-10,12,14-16,19-37,39-41,43-46H2,1-2H3,(H,51,54)/b13-11-,18-17-,42-38+. The van der Waals surface area contributed by atoms with Crippen molar-refractivity contribution in [1.29, 1.82) is 0 Å². The van der Waals surface area contributed by atoms with Crippen LogP contribution >= 0.6 is 0 Å². The average Bonchev–Trinajstić information content (AvgIpc) is 3.20. The summed E-state index contributed by atoms with van der Waals surface area (Å²) < 4.78 is 5.44. The number of ether oxygens (including phenoxy) is 1. The van der Waals surface area contributed by atoms with Gasteiger partial charge in [-0.1, -0.05) is 204 Å². The zero-order chi connectivity index (χ0) is 40.8. The van der Waals surface area contributed by atoms with Gasteiger partial charge in [-0.05, 0) is 64.2 Å². The van der Waals surface area contributed by atoms with Crippen molar-refractivity contribution in [2.75, 3.05) is 13.2 Å². The van der Waals surface area contributed by atoms with Crippen LogP contribution in [-0.2, 0) is 14.3 Å². The number of carbonyl (C=O) groups excluding carboxylic acids is 2. The highest BCUT2D eigenvalue weighted by Gasteiger charge is 2.18. The van der Waals surface area contributed by atoms with Crippen LogP contribution in [0.1, 0.15) is 245 Å². The van der Waals surface area contributed by atoms with E-state index >= 15 is 0 Å². The fraction of sp³-hybridized carbons (Fsp3) is 0.840. The summed E-state index contributed by atoms with van der Waals surface area (Å²) in [5.41, 5.74) is 0. The van der Waals surface area contributed by atoms with E-state index in [1.807, 2.05) is 6.08 Å². The van der Waals surface area contributed by atoms with Gasteiger partial charge >= 0.3 is 5.97 Å². The maximum Gasteiger partial charge on any atom is 0.305 e. The number of hydrogen-bond donors (Lipinski definition) is 3. The lowest BCUT2D eigenvalue weighted by Crippen LogP contribution is -2.45. The SMILES string of the molecule is CCCCC/C=C\C/C=C\CCCCCCCC(=O)OCCCCCCCCCCCCCC(=O)NC(CO)C(O)/C=C/CCCCCCCCCCCCC. The number of aliphatic hydroxyl groups excluding tert-OH is 2. The van der Waals surface area contributed by atoms with Crippen molar-refractivity contribution in [3.05, 3.63) is 36.5 Å². The van der Waals surface area contributed by atoms with Crippen molar-refractivity contribution in [2.24, 2.45) is 0 Å². The van der Waals surface area contributed by atoms with Gasteiger partial charge < -0.3 is 20.3 Å². The number of hydrogen-bond acceptors (Lipinski definition) is 5. The van der Waals surface area contributed by atoms with Gasteiger partial charge in [0.2, 0.25) is 5.91 Å². The molecule has 0 aliphatic rings. The lowest BCUT2D eigenvalue weighted by atomic mass is 10.0. The molecule has 2 unspecified atom stereocenters. The molecule has 0 saturated carbocycles. The van der Waals surface area contributed by atoms with E-state index in [9.17, 15) is 19.8 Å².